The van der Waals surface area contributed by atoms with Crippen molar-refractivity contribution in [2.45, 2.75) is 13.8 Å². The topological polar surface area (TPSA) is 13.1 Å². The molecular formula is C14H11IO. The van der Waals surface area contributed by atoms with Crippen molar-refractivity contribution in [3.63, 3.8) is 0 Å². The summed E-state index contributed by atoms with van der Waals surface area (Å²) in [7, 11) is 0. The molecule has 0 fully saturated rings. The Morgan fingerprint density at radius 1 is 1.00 bits per heavy atom. The average molecular weight is 322 g/mol. The minimum Gasteiger partial charge on any atom is -0.455 e. The number of furan rings is 1. The molecule has 0 N–H and O–H groups in total. The molecule has 1 aromatic heterocycles. The van der Waals surface area contributed by atoms with Gasteiger partial charge in [-0.1, -0.05) is 18.2 Å². The fraction of sp³-hybridized carbons (Fsp3) is 0.143. The number of para-hydroxylation sites is 1. The maximum atomic E-state index is 5.96. The quantitative estimate of drug-likeness (QED) is 0.542. The third-order valence-corrected chi connectivity index (χ3v) is 3.73. The molecule has 80 valence electrons. The van der Waals surface area contributed by atoms with E-state index in [-0.39, 0.29) is 0 Å². The number of rotatable bonds is 0. The third kappa shape index (κ3) is 1.36. The summed E-state index contributed by atoms with van der Waals surface area (Å²) in [6.07, 6.45) is 0. The summed E-state index contributed by atoms with van der Waals surface area (Å²) in [6, 6.07) is 10.6. The Hall–Kier alpha value is -1.03. The molecule has 16 heavy (non-hydrogen) atoms. The van der Waals surface area contributed by atoms with E-state index in [0.717, 1.165) is 11.2 Å². The van der Waals surface area contributed by atoms with Crippen LogP contribution in [-0.2, 0) is 0 Å². The first-order chi connectivity index (χ1) is 7.66. The van der Waals surface area contributed by atoms with Crippen molar-refractivity contribution < 1.29 is 4.42 Å². The summed E-state index contributed by atoms with van der Waals surface area (Å²) < 4.78 is 7.13. The summed E-state index contributed by atoms with van der Waals surface area (Å²) >= 11 is 2.32. The van der Waals surface area contributed by atoms with Crippen LogP contribution in [0.15, 0.2) is 34.7 Å². The highest BCUT2D eigenvalue weighted by molar-refractivity contribution is 14.1. The molecule has 0 saturated carbocycles. The second-order valence-corrected chi connectivity index (χ2v) is 5.34. The maximum absolute atomic E-state index is 5.96. The molecule has 0 aliphatic heterocycles. The molecule has 0 spiro atoms. The van der Waals surface area contributed by atoms with Gasteiger partial charge in [0.1, 0.15) is 11.2 Å². The fourth-order valence-electron chi connectivity index (χ4n) is 2.22. The standard InChI is InChI=1S/C14H11IO/c1-8-6-9(2)13-11(7-8)10-4-3-5-12(15)14(10)16-13/h3-7H,1-2H3. The lowest BCUT2D eigenvalue weighted by molar-refractivity contribution is 0.663. The van der Waals surface area contributed by atoms with Gasteiger partial charge in [-0.2, -0.15) is 0 Å². The van der Waals surface area contributed by atoms with Crippen LogP contribution in [0.25, 0.3) is 21.9 Å². The number of benzene rings is 2. The second-order valence-electron chi connectivity index (χ2n) is 4.18. The minimum absolute atomic E-state index is 1.01. The van der Waals surface area contributed by atoms with Gasteiger partial charge in [-0.3, -0.25) is 0 Å². The molecule has 0 unspecified atom stereocenters. The number of hydrogen-bond donors (Lipinski definition) is 0. The molecule has 0 bridgehead atoms. The molecule has 0 radical (unpaired) electrons. The average Bonchev–Trinajstić information content (AvgIpc) is 2.59. The van der Waals surface area contributed by atoms with E-state index in [2.05, 4.69) is 66.8 Å². The molecule has 2 heteroatoms. The molecule has 1 heterocycles. The van der Waals surface area contributed by atoms with Gasteiger partial charge >= 0.3 is 0 Å². The Balaban J connectivity index is 2.61. The Bertz CT molecular complexity index is 695. The lowest BCUT2D eigenvalue weighted by atomic mass is 10.1. The van der Waals surface area contributed by atoms with Gasteiger partial charge in [-0.05, 0) is 59.7 Å². The van der Waals surface area contributed by atoms with Crippen LogP contribution < -0.4 is 0 Å². The molecule has 3 rings (SSSR count). The number of halogens is 1. The molecule has 0 saturated heterocycles. The molecular weight excluding hydrogens is 311 g/mol. The minimum atomic E-state index is 1.01. The zero-order valence-electron chi connectivity index (χ0n) is 9.17. The van der Waals surface area contributed by atoms with E-state index in [4.69, 9.17) is 4.42 Å². The predicted molar refractivity (Wildman–Crippen MR) is 75.9 cm³/mol. The van der Waals surface area contributed by atoms with Crippen LogP contribution in [0.2, 0.25) is 0 Å². The zero-order chi connectivity index (χ0) is 11.3. The molecule has 3 aromatic rings. The second kappa shape index (κ2) is 3.48. The summed E-state index contributed by atoms with van der Waals surface area (Å²) in [6.45, 7) is 4.23. The van der Waals surface area contributed by atoms with Gasteiger partial charge in [-0.15, -0.1) is 0 Å². The first-order valence-electron chi connectivity index (χ1n) is 5.25. The largest absolute Gasteiger partial charge is 0.455 e. The van der Waals surface area contributed by atoms with Gasteiger partial charge in [0.15, 0.2) is 0 Å². The van der Waals surface area contributed by atoms with E-state index < -0.39 is 0 Å². The molecule has 0 amide bonds. The van der Waals surface area contributed by atoms with E-state index in [0.29, 0.717) is 0 Å². The van der Waals surface area contributed by atoms with Crippen molar-refractivity contribution in [2.24, 2.45) is 0 Å². The Labute approximate surface area is 108 Å². The van der Waals surface area contributed by atoms with E-state index in [1.165, 1.54) is 25.5 Å². The summed E-state index contributed by atoms with van der Waals surface area (Å²) in [5, 5.41) is 2.44. The van der Waals surface area contributed by atoms with Gasteiger partial charge in [-0.25, -0.2) is 0 Å². The van der Waals surface area contributed by atoms with E-state index in [1.807, 2.05) is 0 Å². The Morgan fingerprint density at radius 3 is 2.62 bits per heavy atom. The SMILES string of the molecule is Cc1cc(C)c2oc3c(I)cccc3c2c1. The summed E-state index contributed by atoms with van der Waals surface area (Å²) in [5.41, 5.74) is 4.52. The molecule has 0 aliphatic carbocycles. The summed E-state index contributed by atoms with van der Waals surface area (Å²) in [4.78, 5) is 0. The third-order valence-electron chi connectivity index (χ3n) is 2.88. The van der Waals surface area contributed by atoms with E-state index in [9.17, 15) is 0 Å². The van der Waals surface area contributed by atoms with Crippen LogP contribution in [0.3, 0.4) is 0 Å². The van der Waals surface area contributed by atoms with Crippen molar-refractivity contribution in [3.05, 3.63) is 45.0 Å². The van der Waals surface area contributed by atoms with Crippen molar-refractivity contribution in [2.75, 3.05) is 0 Å². The van der Waals surface area contributed by atoms with Crippen LogP contribution in [0.1, 0.15) is 11.1 Å². The maximum Gasteiger partial charge on any atom is 0.148 e. The van der Waals surface area contributed by atoms with Crippen LogP contribution >= 0.6 is 22.6 Å². The van der Waals surface area contributed by atoms with Crippen molar-refractivity contribution in [1.29, 1.82) is 0 Å². The monoisotopic (exact) mass is 322 g/mol. The molecule has 1 nitrogen and oxygen atoms in total. The zero-order valence-corrected chi connectivity index (χ0v) is 11.3. The van der Waals surface area contributed by atoms with Crippen LogP contribution in [-0.4, -0.2) is 0 Å². The van der Waals surface area contributed by atoms with Gasteiger partial charge in [0.25, 0.3) is 0 Å². The number of fused-ring (bicyclic) bond motifs is 3. The molecule has 2 aromatic carbocycles. The lowest BCUT2D eigenvalue weighted by Gasteiger charge is -1.96. The van der Waals surface area contributed by atoms with Gasteiger partial charge in [0.05, 0.1) is 3.57 Å². The number of hydrogen-bond acceptors (Lipinski definition) is 1. The van der Waals surface area contributed by atoms with Gasteiger partial charge in [0, 0.05) is 10.8 Å². The number of aryl methyl sites for hydroxylation is 2. The first kappa shape index (κ1) is 10.1. The summed E-state index contributed by atoms with van der Waals surface area (Å²) in [5.74, 6) is 0. The van der Waals surface area contributed by atoms with Crippen molar-refractivity contribution in [1.82, 2.24) is 0 Å². The molecule has 0 aliphatic rings. The van der Waals surface area contributed by atoms with Gasteiger partial charge in [0.2, 0.25) is 0 Å². The first-order valence-corrected chi connectivity index (χ1v) is 6.32. The smallest absolute Gasteiger partial charge is 0.148 e. The van der Waals surface area contributed by atoms with Crippen molar-refractivity contribution >= 4 is 44.5 Å². The van der Waals surface area contributed by atoms with Crippen molar-refractivity contribution in [3.8, 4) is 0 Å². The lowest BCUT2D eigenvalue weighted by Crippen LogP contribution is -1.77. The van der Waals surface area contributed by atoms with Crippen LogP contribution in [0.5, 0.6) is 0 Å². The highest BCUT2D eigenvalue weighted by Crippen LogP contribution is 2.33. The van der Waals surface area contributed by atoms with E-state index in [1.54, 1.807) is 0 Å². The fourth-order valence-corrected chi connectivity index (χ4v) is 2.82. The normalized spacial score (nSPS) is 11.4. The van der Waals surface area contributed by atoms with Crippen LogP contribution in [0, 0.1) is 17.4 Å². The van der Waals surface area contributed by atoms with Crippen LogP contribution in [0.4, 0.5) is 0 Å². The highest BCUT2D eigenvalue weighted by Gasteiger charge is 2.11. The highest BCUT2D eigenvalue weighted by atomic mass is 127. The van der Waals surface area contributed by atoms with Gasteiger partial charge < -0.3 is 4.42 Å². The Morgan fingerprint density at radius 2 is 1.81 bits per heavy atom. The predicted octanol–water partition coefficient (Wildman–Crippen LogP) is 4.81. The van der Waals surface area contributed by atoms with E-state index >= 15 is 0 Å². The Kier molecular flexibility index (Phi) is 2.21. The molecule has 0 atom stereocenters.